The quantitative estimate of drug-likeness (QED) is 0.592. The molecule has 3 unspecified atom stereocenters. The fourth-order valence-electron chi connectivity index (χ4n) is 4.66. The molecule has 0 bridgehead atoms. The van der Waals surface area contributed by atoms with E-state index in [1.165, 1.54) is 11.1 Å². The smallest absolute Gasteiger partial charge is 0.483 e. The molecule has 192 valence electrons. The molecule has 3 aliphatic rings. The zero-order valence-corrected chi connectivity index (χ0v) is 19.6. The van der Waals surface area contributed by atoms with Crippen molar-refractivity contribution in [2.45, 2.75) is 50.4 Å². The predicted molar refractivity (Wildman–Crippen MR) is 127 cm³/mol. The topological polar surface area (TPSA) is 103 Å². The first-order chi connectivity index (χ1) is 17.1. The number of hydrogen-bond donors (Lipinski definition) is 3. The number of ether oxygens (including phenoxy) is 1. The summed E-state index contributed by atoms with van der Waals surface area (Å²) in [5.41, 5.74) is 6.22. The molecule has 3 aliphatic heterocycles. The van der Waals surface area contributed by atoms with Crippen molar-refractivity contribution in [3.05, 3.63) is 59.7 Å². The van der Waals surface area contributed by atoms with Crippen LogP contribution < -0.4 is 20.4 Å². The summed E-state index contributed by atoms with van der Waals surface area (Å²) >= 11 is 0. The molecule has 0 radical (unpaired) electrons. The standard InChI is InChI=1S/C23H26N4O2.C2HF3O2/c1-15-23(28)26-25-22-14-29-21-8-7-17(13-20(21)27(15)22)18-9-10-24-19(12-18)11-16-5-3-2-4-6-16;3-2(4,5)1(6)7/h2-8,13,15,18-19,24H,9-12,14H2,1H3,(H,26,28);(H,6,7). The monoisotopic (exact) mass is 504 g/mol. The van der Waals surface area contributed by atoms with Gasteiger partial charge in [0.15, 0.2) is 5.84 Å². The first-order valence-electron chi connectivity index (χ1n) is 11.6. The van der Waals surface area contributed by atoms with Crippen molar-refractivity contribution in [2.75, 3.05) is 18.1 Å². The molecular weight excluding hydrogens is 477 g/mol. The number of carboxylic acid groups (broad SMARTS) is 1. The molecule has 8 nitrogen and oxygen atoms in total. The van der Waals surface area contributed by atoms with Crippen molar-refractivity contribution in [2.24, 2.45) is 5.10 Å². The molecule has 3 heterocycles. The van der Waals surface area contributed by atoms with Crippen LogP contribution in [0.3, 0.4) is 0 Å². The van der Waals surface area contributed by atoms with E-state index in [-0.39, 0.29) is 11.9 Å². The summed E-state index contributed by atoms with van der Waals surface area (Å²) in [5.74, 6) is -0.770. The van der Waals surface area contributed by atoms with Crippen molar-refractivity contribution >= 4 is 23.4 Å². The number of amidine groups is 1. The highest BCUT2D eigenvalue weighted by Gasteiger charge is 2.38. The number of anilines is 1. The molecule has 3 N–H and O–H groups in total. The molecule has 36 heavy (non-hydrogen) atoms. The minimum Gasteiger partial charge on any atom is -0.483 e. The number of benzene rings is 2. The lowest BCUT2D eigenvalue weighted by Crippen LogP contribution is -2.55. The lowest BCUT2D eigenvalue weighted by Gasteiger charge is -2.39. The number of carbonyl (C=O) groups is 2. The number of alkyl halides is 3. The van der Waals surface area contributed by atoms with Crippen molar-refractivity contribution in [1.82, 2.24) is 10.7 Å². The van der Waals surface area contributed by atoms with Gasteiger partial charge in [-0.3, -0.25) is 4.79 Å². The number of amides is 1. The maximum Gasteiger partial charge on any atom is 0.490 e. The Hall–Kier alpha value is -3.60. The number of nitrogens with zero attached hydrogens (tertiary/aromatic N) is 2. The first kappa shape index (κ1) is 25.5. The van der Waals surface area contributed by atoms with Gasteiger partial charge in [0.1, 0.15) is 18.4 Å². The Morgan fingerprint density at radius 2 is 1.94 bits per heavy atom. The third-order valence-corrected chi connectivity index (χ3v) is 6.47. The number of carboxylic acids is 1. The van der Waals surface area contributed by atoms with Gasteiger partial charge in [-0.2, -0.15) is 18.3 Å². The molecule has 3 atom stereocenters. The molecular formula is C25H27F3N4O4. The van der Waals surface area contributed by atoms with E-state index < -0.39 is 12.1 Å². The highest BCUT2D eigenvalue weighted by molar-refractivity contribution is 6.09. The number of hydrazone groups is 1. The highest BCUT2D eigenvalue weighted by atomic mass is 19.4. The van der Waals surface area contributed by atoms with Gasteiger partial charge < -0.3 is 20.1 Å². The van der Waals surface area contributed by atoms with Crippen molar-refractivity contribution in [3.63, 3.8) is 0 Å². The zero-order valence-electron chi connectivity index (χ0n) is 19.6. The molecule has 0 saturated carbocycles. The Morgan fingerprint density at radius 3 is 2.64 bits per heavy atom. The van der Waals surface area contributed by atoms with E-state index in [0.29, 0.717) is 18.6 Å². The molecule has 0 aromatic heterocycles. The number of rotatable bonds is 3. The van der Waals surface area contributed by atoms with E-state index >= 15 is 0 Å². The zero-order chi connectivity index (χ0) is 25.9. The maximum absolute atomic E-state index is 12.2. The van der Waals surface area contributed by atoms with Gasteiger partial charge in [0.25, 0.3) is 5.91 Å². The molecule has 1 amide bonds. The third-order valence-electron chi connectivity index (χ3n) is 6.47. The fraction of sp³-hybridized carbons (Fsp3) is 0.400. The summed E-state index contributed by atoms with van der Waals surface area (Å²) in [6.45, 7) is 3.31. The molecule has 0 aliphatic carbocycles. The van der Waals surface area contributed by atoms with Crippen LogP contribution in [0.25, 0.3) is 0 Å². The molecule has 11 heteroatoms. The van der Waals surface area contributed by atoms with Gasteiger partial charge in [0, 0.05) is 6.04 Å². The number of halogens is 3. The van der Waals surface area contributed by atoms with E-state index in [0.717, 1.165) is 43.1 Å². The Labute approximate surface area is 206 Å². The maximum atomic E-state index is 12.2. The van der Waals surface area contributed by atoms with Gasteiger partial charge in [-0.1, -0.05) is 36.4 Å². The Kier molecular flexibility index (Phi) is 7.48. The highest BCUT2D eigenvalue weighted by Crippen LogP contribution is 2.39. The average molecular weight is 505 g/mol. The summed E-state index contributed by atoms with van der Waals surface area (Å²) < 4.78 is 37.6. The first-order valence-corrected chi connectivity index (χ1v) is 11.6. The number of hydrogen-bond acceptors (Lipinski definition) is 6. The molecule has 0 spiro atoms. The normalized spacial score (nSPS) is 23.1. The number of fused-ring (bicyclic) bond motifs is 3. The van der Waals surface area contributed by atoms with Crippen molar-refractivity contribution in [1.29, 1.82) is 0 Å². The van der Waals surface area contributed by atoms with Gasteiger partial charge in [-0.15, -0.1) is 0 Å². The van der Waals surface area contributed by atoms with Crippen LogP contribution in [-0.2, 0) is 16.0 Å². The fourth-order valence-corrected chi connectivity index (χ4v) is 4.66. The minimum atomic E-state index is -5.08. The minimum absolute atomic E-state index is 0.0863. The molecule has 1 saturated heterocycles. The second kappa shape index (κ2) is 10.6. The Balaban J connectivity index is 0.000000384. The van der Waals surface area contributed by atoms with Crippen LogP contribution in [0.2, 0.25) is 0 Å². The van der Waals surface area contributed by atoms with E-state index in [2.05, 4.69) is 64.4 Å². The van der Waals surface area contributed by atoms with Gasteiger partial charge in [0.05, 0.1) is 5.69 Å². The van der Waals surface area contributed by atoms with Gasteiger partial charge in [-0.25, -0.2) is 10.2 Å². The second-order valence-electron chi connectivity index (χ2n) is 8.93. The molecule has 1 fully saturated rings. The van der Waals surface area contributed by atoms with Gasteiger partial charge in [-0.05, 0) is 61.9 Å². The molecule has 2 aromatic rings. The Morgan fingerprint density at radius 1 is 1.22 bits per heavy atom. The van der Waals surface area contributed by atoms with Crippen LogP contribution in [0.15, 0.2) is 53.6 Å². The molecule has 5 rings (SSSR count). The lowest BCUT2D eigenvalue weighted by molar-refractivity contribution is -0.192. The van der Waals surface area contributed by atoms with Crippen LogP contribution >= 0.6 is 0 Å². The predicted octanol–water partition coefficient (Wildman–Crippen LogP) is 3.43. The summed E-state index contributed by atoms with van der Waals surface area (Å²) in [5, 5.41) is 15.0. The van der Waals surface area contributed by atoms with E-state index in [1.807, 2.05) is 11.8 Å². The average Bonchev–Trinajstić information content (AvgIpc) is 2.86. The van der Waals surface area contributed by atoms with Crippen LogP contribution in [-0.4, -0.2) is 54.2 Å². The van der Waals surface area contributed by atoms with E-state index in [1.54, 1.807) is 0 Å². The van der Waals surface area contributed by atoms with Gasteiger partial charge >= 0.3 is 12.1 Å². The van der Waals surface area contributed by atoms with E-state index in [4.69, 9.17) is 14.6 Å². The largest absolute Gasteiger partial charge is 0.490 e. The summed E-state index contributed by atoms with van der Waals surface area (Å²) in [7, 11) is 0. The number of nitrogens with one attached hydrogen (secondary N) is 2. The van der Waals surface area contributed by atoms with Crippen LogP contribution in [0, 0.1) is 0 Å². The Bertz CT molecular complexity index is 1140. The summed E-state index contributed by atoms with van der Waals surface area (Å²) in [4.78, 5) is 23.1. The number of aliphatic carboxylic acids is 1. The van der Waals surface area contributed by atoms with Crippen LogP contribution in [0.5, 0.6) is 5.75 Å². The summed E-state index contributed by atoms with van der Waals surface area (Å²) in [6.07, 6.45) is -1.82. The van der Waals surface area contributed by atoms with Crippen molar-refractivity contribution < 1.29 is 32.6 Å². The van der Waals surface area contributed by atoms with Crippen LogP contribution in [0.1, 0.15) is 36.8 Å². The van der Waals surface area contributed by atoms with E-state index in [9.17, 15) is 18.0 Å². The van der Waals surface area contributed by atoms with Gasteiger partial charge in [0.2, 0.25) is 0 Å². The summed E-state index contributed by atoms with van der Waals surface area (Å²) in [6, 6.07) is 17.3. The molecule has 2 aromatic carbocycles. The number of piperidine rings is 1. The van der Waals surface area contributed by atoms with Crippen LogP contribution in [0.4, 0.5) is 18.9 Å². The van der Waals surface area contributed by atoms with Crippen molar-refractivity contribution in [3.8, 4) is 5.75 Å². The third kappa shape index (κ3) is 5.78. The lowest BCUT2D eigenvalue weighted by atomic mass is 9.84. The SMILES string of the molecule is CC1C(=O)NN=C2COc3ccc(C4CCNC(Cc5ccccc5)C4)cc3N21.O=C(O)C(F)(F)F. The number of carbonyl (C=O) groups excluding carboxylic acids is 1. The second-order valence-corrected chi connectivity index (χ2v) is 8.93.